The molecule has 1 aliphatic rings. The summed E-state index contributed by atoms with van der Waals surface area (Å²) in [6.45, 7) is 3.04. The van der Waals surface area contributed by atoms with E-state index in [-0.39, 0.29) is 12.4 Å². The van der Waals surface area contributed by atoms with E-state index in [1.807, 2.05) is 0 Å². The SMILES string of the molecule is CC1NCCc2c(Cl)ncnc21.Cl. The lowest BCUT2D eigenvalue weighted by Crippen LogP contribution is -2.29. The molecule has 2 rings (SSSR count). The van der Waals surface area contributed by atoms with Gasteiger partial charge >= 0.3 is 0 Å². The molecule has 3 nitrogen and oxygen atoms in total. The monoisotopic (exact) mass is 219 g/mol. The summed E-state index contributed by atoms with van der Waals surface area (Å²) in [7, 11) is 0. The van der Waals surface area contributed by atoms with Crippen LogP contribution in [0.4, 0.5) is 0 Å². The average Bonchev–Trinajstić information content (AvgIpc) is 2.07. The van der Waals surface area contributed by atoms with Gasteiger partial charge in [0, 0.05) is 11.6 Å². The third kappa shape index (κ3) is 1.93. The van der Waals surface area contributed by atoms with Crippen molar-refractivity contribution in [2.45, 2.75) is 19.4 Å². The number of rotatable bonds is 0. The van der Waals surface area contributed by atoms with E-state index >= 15 is 0 Å². The Bertz CT molecular complexity index is 303. The summed E-state index contributed by atoms with van der Waals surface area (Å²) < 4.78 is 0. The van der Waals surface area contributed by atoms with Crippen molar-refractivity contribution >= 4 is 24.0 Å². The van der Waals surface area contributed by atoms with Gasteiger partial charge in [0.05, 0.1) is 5.69 Å². The molecular weight excluding hydrogens is 209 g/mol. The van der Waals surface area contributed by atoms with Crippen molar-refractivity contribution in [2.75, 3.05) is 6.54 Å². The lowest BCUT2D eigenvalue weighted by Gasteiger charge is -2.22. The van der Waals surface area contributed by atoms with Gasteiger partial charge in [-0.3, -0.25) is 0 Å². The Morgan fingerprint density at radius 2 is 2.31 bits per heavy atom. The predicted octanol–water partition coefficient (Wildman–Crippen LogP) is 1.76. The molecule has 72 valence electrons. The fourth-order valence-electron chi connectivity index (χ4n) is 1.52. The second-order valence-electron chi connectivity index (χ2n) is 2.95. The Balaban J connectivity index is 0.000000845. The molecule has 2 heterocycles. The molecule has 1 atom stereocenters. The topological polar surface area (TPSA) is 37.8 Å². The standard InChI is InChI=1S/C8H10ClN3.ClH/c1-5-7-6(2-3-10-5)8(9)12-4-11-7;/h4-5,10H,2-3H2,1H3;1H. The summed E-state index contributed by atoms with van der Waals surface area (Å²) in [6.07, 6.45) is 2.45. The fraction of sp³-hybridized carbons (Fsp3) is 0.500. The van der Waals surface area contributed by atoms with Crippen LogP contribution in [0, 0.1) is 0 Å². The predicted molar refractivity (Wildman–Crippen MR) is 54.4 cm³/mol. The molecule has 0 amide bonds. The molecule has 0 bridgehead atoms. The second-order valence-corrected chi connectivity index (χ2v) is 3.31. The van der Waals surface area contributed by atoms with E-state index in [2.05, 4.69) is 22.2 Å². The van der Waals surface area contributed by atoms with Crippen LogP contribution < -0.4 is 5.32 Å². The highest BCUT2D eigenvalue weighted by molar-refractivity contribution is 6.30. The maximum atomic E-state index is 5.93. The Morgan fingerprint density at radius 1 is 1.54 bits per heavy atom. The summed E-state index contributed by atoms with van der Waals surface area (Å²) in [5.74, 6) is 0. The lowest BCUT2D eigenvalue weighted by atomic mass is 10.0. The minimum Gasteiger partial charge on any atom is -0.309 e. The van der Waals surface area contributed by atoms with Gasteiger partial charge in [-0.1, -0.05) is 11.6 Å². The third-order valence-corrected chi connectivity index (χ3v) is 2.49. The molecular formula is C8H11Cl2N3. The van der Waals surface area contributed by atoms with E-state index in [9.17, 15) is 0 Å². The van der Waals surface area contributed by atoms with Crippen LogP contribution in [0.2, 0.25) is 5.15 Å². The van der Waals surface area contributed by atoms with Gasteiger partial charge in [-0.15, -0.1) is 12.4 Å². The molecule has 13 heavy (non-hydrogen) atoms. The van der Waals surface area contributed by atoms with Gasteiger partial charge in [-0.25, -0.2) is 9.97 Å². The first-order valence-electron chi connectivity index (χ1n) is 4.01. The number of hydrogen-bond donors (Lipinski definition) is 1. The summed E-state index contributed by atoms with van der Waals surface area (Å²) >= 11 is 5.93. The van der Waals surface area contributed by atoms with Crippen LogP contribution in [-0.4, -0.2) is 16.5 Å². The number of halogens is 2. The first-order chi connectivity index (χ1) is 5.79. The molecule has 5 heteroatoms. The number of hydrogen-bond acceptors (Lipinski definition) is 3. The van der Waals surface area contributed by atoms with Gasteiger partial charge in [-0.05, 0) is 19.9 Å². The molecule has 1 aromatic heterocycles. The zero-order chi connectivity index (χ0) is 8.55. The zero-order valence-corrected chi connectivity index (χ0v) is 8.82. The van der Waals surface area contributed by atoms with E-state index in [0.717, 1.165) is 24.2 Å². The van der Waals surface area contributed by atoms with Crippen molar-refractivity contribution in [3.8, 4) is 0 Å². The molecule has 0 saturated carbocycles. The Hall–Kier alpha value is -0.380. The maximum absolute atomic E-state index is 5.93. The number of fused-ring (bicyclic) bond motifs is 1. The molecule has 1 aromatic rings. The van der Waals surface area contributed by atoms with E-state index < -0.39 is 0 Å². The van der Waals surface area contributed by atoms with Gasteiger partial charge in [-0.2, -0.15) is 0 Å². The van der Waals surface area contributed by atoms with Crippen molar-refractivity contribution in [1.82, 2.24) is 15.3 Å². The third-order valence-electron chi connectivity index (χ3n) is 2.16. The highest BCUT2D eigenvalue weighted by Crippen LogP contribution is 2.24. The van der Waals surface area contributed by atoms with Crippen molar-refractivity contribution < 1.29 is 0 Å². The molecule has 0 saturated heterocycles. The maximum Gasteiger partial charge on any atom is 0.135 e. The lowest BCUT2D eigenvalue weighted by molar-refractivity contribution is 0.523. The zero-order valence-electron chi connectivity index (χ0n) is 7.25. The molecule has 1 unspecified atom stereocenters. The van der Waals surface area contributed by atoms with E-state index in [0.29, 0.717) is 11.2 Å². The van der Waals surface area contributed by atoms with Crippen molar-refractivity contribution in [2.24, 2.45) is 0 Å². The molecule has 0 fully saturated rings. The van der Waals surface area contributed by atoms with Crippen molar-refractivity contribution in [1.29, 1.82) is 0 Å². The quantitative estimate of drug-likeness (QED) is 0.677. The van der Waals surface area contributed by atoms with Gasteiger partial charge in [0.15, 0.2) is 0 Å². The number of nitrogens with zero attached hydrogens (tertiary/aromatic N) is 2. The van der Waals surface area contributed by atoms with Crippen LogP contribution in [0.1, 0.15) is 24.2 Å². The fourth-order valence-corrected chi connectivity index (χ4v) is 1.75. The largest absolute Gasteiger partial charge is 0.309 e. The average molecular weight is 220 g/mol. The van der Waals surface area contributed by atoms with Crippen molar-refractivity contribution in [3.05, 3.63) is 22.7 Å². The Morgan fingerprint density at radius 3 is 3.00 bits per heavy atom. The van der Waals surface area contributed by atoms with E-state index in [4.69, 9.17) is 11.6 Å². The minimum atomic E-state index is 0. The molecule has 1 aliphatic heterocycles. The summed E-state index contributed by atoms with van der Waals surface area (Å²) in [5, 5.41) is 3.92. The summed E-state index contributed by atoms with van der Waals surface area (Å²) in [4.78, 5) is 8.16. The van der Waals surface area contributed by atoms with E-state index in [1.54, 1.807) is 0 Å². The first-order valence-corrected chi connectivity index (χ1v) is 4.39. The Labute approximate surface area is 88.3 Å². The van der Waals surface area contributed by atoms with Crippen LogP contribution in [0.25, 0.3) is 0 Å². The van der Waals surface area contributed by atoms with Crippen LogP contribution in [0.15, 0.2) is 6.33 Å². The highest BCUT2D eigenvalue weighted by atomic mass is 35.5. The number of aromatic nitrogens is 2. The van der Waals surface area contributed by atoms with Gasteiger partial charge in [0.1, 0.15) is 11.5 Å². The normalized spacial score (nSPS) is 20.3. The number of nitrogens with one attached hydrogen (secondary N) is 1. The van der Waals surface area contributed by atoms with Crippen molar-refractivity contribution in [3.63, 3.8) is 0 Å². The van der Waals surface area contributed by atoms with Gasteiger partial charge < -0.3 is 5.32 Å². The van der Waals surface area contributed by atoms with Crippen LogP contribution in [0.5, 0.6) is 0 Å². The smallest absolute Gasteiger partial charge is 0.135 e. The van der Waals surface area contributed by atoms with Crippen LogP contribution >= 0.6 is 24.0 Å². The Kier molecular flexibility index (Phi) is 3.47. The van der Waals surface area contributed by atoms with Crippen LogP contribution in [0.3, 0.4) is 0 Å². The highest BCUT2D eigenvalue weighted by Gasteiger charge is 2.19. The molecule has 0 aromatic carbocycles. The second kappa shape index (κ2) is 4.22. The molecule has 0 radical (unpaired) electrons. The molecule has 1 N–H and O–H groups in total. The van der Waals surface area contributed by atoms with Gasteiger partial charge in [0.2, 0.25) is 0 Å². The molecule has 0 aliphatic carbocycles. The summed E-state index contributed by atoms with van der Waals surface area (Å²) in [5.41, 5.74) is 2.15. The molecule has 0 spiro atoms. The summed E-state index contributed by atoms with van der Waals surface area (Å²) in [6, 6.07) is 0.300. The minimum absolute atomic E-state index is 0. The van der Waals surface area contributed by atoms with Gasteiger partial charge in [0.25, 0.3) is 0 Å². The first kappa shape index (κ1) is 10.7. The van der Waals surface area contributed by atoms with Crippen LogP contribution in [-0.2, 0) is 6.42 Å². The van der Waals surface area contributed by atoms with E-state index in [1.165, 1.54) is 6.33 Å².